The van der Waals surface area contributed by atoms with Crippen LogP contribution in [0.25, 0.3) is 0 Å². The fraction of sp³-hybridized carbons (Fsp3) is 0.914. The van der Waals surface area contributed by atoms with Crippen LogP contribution >= 0.6 is 0 Å². The van der Waals surface area contributed by atoms with E-state index in [0.717, 1.165) is 38.5 Å². The maximum Gasteiger partial charge on any atom is 0.307 e. The number of rotatable bonds is 20. The van der Waals surface area contributed by atoms with E-state index in [4.69, 9.17) is 14.2 Å². The summed E-state index contributed by atoms with van der Waals surface area (Å²) in [6.07, 6.45) is 19.3. The largest absolute Gasteiger partial charge is 0.460 e. The Morgan fingerprint density at radius 1 is 0.860 bits per heavy atom. The molecule has 2 fully saturated rings. The maximum atomic E-state index is 13.0. The van der Waals surface area contributed by atoms with Crippen molar-refractivity contribution in [3.8, 4) is 0 Å². The molecule has 0 aromatic rings. The van der Waals surface area contributed by atoms with E-state index in [1.54, 1.807) is 13.8 Å². The molecular formula is C35H64N2O6. The van der Waals surface area contributed by atoms with Crippen LogP contribution in [0.15, 0.2) is 0 Å². The van der Waals surface area contributed by atoms with E-state index < -0.39 is 17.3 Å². The predicted molar refractivity (Wildman–Crippen MR) is 171 cm³/mol. The van der Waals surface area contributed by atoms with E-state index in [-0.39, 0.29) is 48.8 Å². The summed E-state index contributed by atoms with van der Waals surface area (Å²) in [4.78, 5) is 38.4. The van der Waals surface area contributed by atoms with Gasteiger partial charge in [-0.05, 0) is 39.5 Å². The van der Waals surface area contributed by atoms with Gasteiger partial charge in [-0.2, -0.15) is 0 Å². The number of carbonyl (C=O) groups excluding carboxylic acids is 3. The third-order valence-corrected chi connectivity index (χ3v) is 9.02. The summed E-state index contributed by atoms with van der Waals surface area (Å²) in [5.74, 6) is -1.42. The maximum absolute atomic E-state index is 13.0. The SMILES string of the molecule is CCCCCCCCCCCCCCC(C)C(=O)NC1CCCCC1OC(=O)CCNC(=O)C1OC(C)(C)OCC1(C)C. The third-order valence-electron chi connectivity index (χ3n) is 9.02. The van der Waals surface area contributed by atoms with Crippen LogP contribution in [0.5, 0.6) is 0 Å². The van der Waals surface area contributed by atoms with Crippen LogP contribution < -0.4 is 10.6 Å². The summed E-state index contributed by atoms with van der Waals surface area (Å²) in [6.45, 7) is 12.3. The lowest BCUT2D eigenvalue weighted by atomic mass is 9.85. The number of ether oxygens (including phenoxy) is 3. The highest BCUT2D eigenvalue weighted by atomic mass is 16.7. The van der Waals surface area contributed by atoms with Crippen molar-refractivity contribution >= 4 is 17.8 Å². The lowest BCUT2D eigenvalue weighted by Gasteiger charge is -2.44. The summed E-state index contributed by atoms with van der Waals surface area (Å²) < 4.78 is 17.4. The molecule has 2 N–H and O–H groups in total. The summed E-state index contributed by atoms with van der Waals surface area (Å²) >= 11 is 0. The van der Waals surface area contributed by atoms with E-state index in [1.165, 1.54) is 70.6 Å². The molecule has 1 aliphatic carbocycles. The summed E-state index contributed by atoms with van der Waals surface area (Å²) in [7, 11) is 0. The van der Waals surface area contributed by atoms with Gasteiger partial charge in [0.15, 0.2) is 5.79 Å². The molecule has 0 radical (unpaired) electrons. The molecule has 1 saturated heterocycles. The van der Waals surface area contributed by atoms with Crippen LogP contribution in [0, 0.1) is 11.3 Å². The molecule has 4 unspecified atom stereocenters. The highest BCUT2D eigenvalue weighted by molar-refractivity contribution is 5.82. The summed E-state index contributed by atoms with van der Waals surface area (Å²) in [5, 5.41) is 6.02. The Hall–Kier alpha value is -1.67. The van der Waals surface area contributed by atoms with Crippen molar-refractivity contribution in [1.82, 2.24) is 10.6 Å². The van der Waals surface area contributed by atoms with Gasteiger partial charge in [-0.25, -0.2) is 0 Å². The highest BCUT2D eigenvalue weighted by Gasteiger charge is 2.45. The molecule has 2 aliphatic rings. The molecule has 0 aromatic heterocycles. The number of hydrogen-bond donors (Lipinski definition) is 2. The first kappa shape index (κ1) is 37.5. The molecule has 8 heteroatoms. The van der Waals surface area contributed by atoms with Gasteiger partial charge in [0.25, 0.3) is 0 Å². The standard InChI is InChI=1S/C35H64N2O6/c1-7-8-9-10-11-12-13-14-15-16-17-18-21-27(2)32(39)37-28-22-19-20-23-29(28)42-30(38)24-25-36-33(40)31-34(3,4)26-41-35(5,6)43-31/h27-29,31H,7-26H2,1-6H3,(H,36,40)(H,37,39). The quantitative estimate of drug-likeness (QED) is 0.111. The van der Waals surface area contributed by atoms with Gasteiger partial charge >= 0.3 is 5.97 Å². The lowest BCUT2D eigenvalue weighted by molar-refractivity contribution is -0.304. The monoisotopic (exact) mass is 608 g/mol. The van der Waals surface area contributed by atoms with Gasteiger partial charge in [0.05, 0.1) is 19.1 Å². The Morgan fingerprint density at radius 2 is 1.44 bits per heavy atom. The van der Waals surface area contributed by atoms with Crippen molar-refractivity contribution in [2.75, 3.05) is 13.2 Å². The average Bonchev–Trinajstić information content (AvgIpc) is 2.96. The lowest BCUT2D eigenvalue weighted by Crippen LogP contribution is -2.56. The van der Waals surface area contributed by atoms with Gasteiger partial charge in [0.1, 0.15) is 12.2 Å². The molecule has 2 amide bonds. The van der Waals surface area contributed by atoms with Gasteiger partial charge in [0.2, 0.25) is 11.8 Å². The van der Waals surface area contributed by atoms with Crippen molar-refractivity contribution in [3.63, 3.8) is 0 Å². The Balaban J connectivity index is 1.62. The van der Waals surface area contributed by atoms with E-state index in [1.807, 2.05) is 20.8 Å². The number of unbranched alkanes of at least 4 members (excludes halogenated alkanes) is 11. The number of hydrogen-bond acceptors (Lipinski definition) is 6. The zero-order valence-electron chi connectivity index (χ0n) is 28.4. The van der Waals surface area contributed by atoms with Crippen LogP contribution in [0.1, 0.15) is 157 Å². The normalized spacial score (nSPS) is 23.7. The minimum Gasteiger partial charge on any atom is -0.460 e. The van der Waals surface area contributed by atoms with Crippen molar-refractivity contribution in [2.24, 2.45) is 11.3 Å². The minimum atomic E-state index is -0.832. The van der Waals surface area contributed by atoms with Crippen LogP contribution in [0.4, 0.5) is 0 Å². The molecule has 1 saturated carbocycles. The number of esters is 1. The van der Waals surface area contributed by atoms with Gasteiger partial charge < -0.3 is 24.8 Å². The predicted octanol–water partition coefficient (Wildman–Crippen LogP) is 7.37. The van der Waals surface area contributed by atoms with E-state index in [2.05, 4.69) is 17.6 Å². The average molecular weight is 609 g/mol. The topological polar surface area (TPSA) is 103 Å². The zero-order valence-corrected chi connectivity index (χ0v) is 28.4. The first-order valence-corrected chi connectivity index (χ1v) is 17.5. The Morgan fingerprint density at radius 3 is 2.07 bits per heavy atom. The number of amides is 2. The first-order chi connectivity index (χ1) is 20.4. The minimum absolute atomic E-state index is 0.0433. The molecule has 0 spiro atoms. The first-order valence-electron chi connectivity index (χ1n) is 17.5. The zero-order chi connectivity index (χ0) is 31.7. The van der Waals surface area contributed by atoms with Crippen molar-refractivity contribution in [3.05, 3.63) is 0 Å². The Labute approximate surface area is 262 Å². The third kappa shape index (κ3) is 14.8. The van der Waals surface area contributed by atoms with Gasteiger partial charge in [0, 0.05) is 17.9 Å². The molecule has 8 nitrogen and oxygen atoms in total. The van der Waals surface area contributed by atoms with Crippen molar-refractivity contribution in [2.45, 2.75) is 181 Å². The molecule has 250 valence electrons. The molecule has 0 bridgehead atoms. The van der Waals surface area contributed by atoms with Gasteiger partial charge in [-0.15, -0.1) is 0 Å². The molecule has 43 heavy (non-hydrogen) atoms. The van der Waals surface area contributed by atoms with Gasteiger partial charge in [-0.1, -0.05) is 111 Å². The Kier molecular flexibility index (Phi) is 17.2. The fourth-order valence-electron chi connectivity index (χ4n) is 6.08. The molecule has 1 aliphatic heterocycles. The molecule has 2 rings (SSSR count). The summed E-state index contributed by atoms with van der Waals surface area (Å²) in [6, 6.07) is -0.150. The van der Waals surface area contributed by atoms with Crippen LogP contribution in [0.2, 0.25) is 0 Å². The van der Waals surface area contributed by atoms with Crippen molar-refractivity contribution < 1.29 is 28.6 Å². The fourth-order valence-corrected chi connectivity index (χ4v) is 6.08. The smallest absolute Gasteiger partial charge is 0.307 e. The van der Waals surface area contributed by atoms with Crippen molar-refractivity contribution in [1.29, 1.82) is 0 Å². The second-order valence-electron chi connectivity index (χ2n) is 14.2. The highest BCUT2D eigenvalue weighted by Crippen LogP contribution is 2.35. The molecule has 4 atom stereocenters. The van der Waals surface area contributed by atoms with Gasteiger partial charge in [-0.3, -0.25) is 14.4 Å². The molecule has 1 heterocycles. The van der Waals surface area contributed by atoms with E-state index >= 15 is 0 Å². The van der Waals surface area contributed by atoms with Crippen LogP contribution in [-0.2, 0) is 28.6 Å². The van der Waals surface area contributed by atoms with Crippen LogP contribution in [-0.4, -0.2) is 55.0 Å². The molecular weight excluding hydrogens is 544 g/mol. The number of nitrogens with one attached hydrogen (secondary N) is 2. The van der Waals surface area contributed by atoms with E-state index in [9.17, 15) is 14.4 Å². The second kappa shape index (κ2) is 19.7. The van der Waals surface area contributed by atoms with E-state index in [0.29, 0.717) is 6.61 Å². The summed E-state index contributed by atoms with van der Waals surface area (Å²) in [5.41, 5.74) is -0.474. The number of carbonyl (C=O) groups is 3. The second-order valence-corrected chi connectivity index (χ2v) is 14.2. The van der Waals surface area contributed by atoms with Crippen LogP contribution in [0.3, 0.4) is 0 Å². The molecule has 0 aromatic carbocycles. The Bertz CT molecular complexity index is 829.